The molecule has 0 radical (unpaired) electrons. The van der Waals surface area contributed by atoms with Gasteiger partial charge in [-0.15, -0.1) is 0 Å². The van der Waals surface area contributed by atoms with Gasteiger partial charge in [0.15, 0.2) is 0 Å². The molecule has 1 amide bonds. The van der Waals surface area contributed by atoms with Crippen molar-refractivity contribution >= 4 is 11.6 Å². The van der Waals surface area contributed by atoms with Crippen molar-refractivity contribution in [2.24, 2.45) is 5.16 Å². The summed E-state index contributed by atoms with van der Waals surface area (Å²) in [5, 5.41) is 3.80. The molecular weight excluding hydrogens is 297 g/mol. The Morgan fingerprint density at radius 3 is 2.68 bits per heavy atom. The maximum atomic E-state index is 12.7. The number of halogens is 3. The molecule has 2 heterocycles. The smallest absolute Gasteiger partial charge is 0.382 e. The van der Waals surface area contributed by atoms with E-state index in [4.69, 9.17) is 4.84 Å². The summed E-state index contributed by atoms with van der Waals surface area (Å²) in [7, 11) is 0. The van der Waals surface area contributed by atoms with Crippen LogP contribution in [0.25, 0.3) is 0 Å². The molecule has 1 fully saturated rings. The summed E-state index contributed by atoms with van der Waals surface area (Å²) < 4.78 is 38.2. The molecule has 0 spiro atoms. The number of carbonyl (C=O) groups is 1. The van der Waals surface area contributed by atoms with E-state index in [1.165, 1.54) is 6.07 Å². The maximum absolute atomic E-state index is 12.7. The van der Waals surface area contributed by atoms with E-state index in [0.717, 1.165) is 25.0 Å². The van der Waals surface area contributed by atoms with Crippen LogP contribution in [0.4, 0.5) is 13.2 Å². The molecule has 1 aromatic carbocycles. The second kappa shape index (κ2) is 5.62. The van der Waals surface area contributed by atoms with Gasteiger partial charge >= 0.3 is 6.18 Å². The molecule has 118 valence electrons. The first-order valence-corrected chi connectivity index (χ1v) is 7.14. The van der Waals surface area contributed by atoms with E-state index >= 15 is 0 Å². The van der Waals surface area contributed by atoms with E-state index in [2.05, 4.69) is 5.16 Å². The molecule has 1 aromatic rings. The Bertz CT molecular complexity index is 607. The number of likely N-dealkylation sites (tertiary alicyclic amines) is 1. The Labute approximate surface area is 125 Å². The fourth-order valence-electron chi connectivity index (χ4n) is 2.70. The Hall–Kier alpha value is -2.05. The van der Waals surface area contributed by atoms with E-state index in [1.807, 2.05) is 0 Å². The molecule has 3 rings (SSSR count). The molecular formula is C15H15F3N2O2. The molecule has 4 nitrogen and oxygen atoms in total. The van der Waals surface area contributed by atoms with Gasteiger partial charge in [0, 0.05) is 25.1 Å². The quantitative estimate of drug-likeness (QED) is 0.842. The third kappa shape index (κ3) is 2.93. The van der Waals surface area contributed by atoms with Gasteiger partial charge in [0.25, 0.3) is 5.91 Å². The van der Waals surface area contributed by atoms with Crippen LogP contribution in [0, 0.1) is 0 Å². The molecule has 7 heteroatoms. The zero-order chi connectivity index (χ0) is 15.7. The van der Waals surface area contributed by atoms with E-state index < -0.39 is 17.8 Å². The van der Waals surface area contributed by atoms with Crippen LogP contribution in [-0.2, 0) is 15.8 Å². The number of oxime groups is 1. The van der Waals surface area contributed by atoms with Crippen LogP contribution in [0.3, 0.4) is 0 Å². The number of carbonyl (C=O) groups excluding carboxylic acids is 1. The fraction of sp³-hybridized carbons (Fsp3) is 0.467. The van der Waals surface area contributed by atoms with Gasteiger partial charge in [0.2, 0.25) is 6.10 Å². The van der Waals surface area contributed by atoms with Crippen LogP contribution < -0.4 is 0 Å². The zero-order valence-corrected chi connectivity index (χ0v) is 11.8. The van der Waals surface area contributed by atoms with E-state index in [0.29, 0.717) is 24.4 Å². The molecule has 0 saturated carbocycles. The van der Waals surface area contributed by atoms with Crippen LogP contribution >= 0.6 is 0 Å². The molecule has 0 N–H and O–H groups in total. The third-order valence-corrected chi connectivity index (χ3v) is 3.89. The number of hydrogen-bond acceptors (Lipinski definition) is 3. The first-order valence-electron chi connectivity index (χ1n) is 7.14. The first-order chi connectivity index (χ1) is 10.4. The minimum Gasteiger partial charge on any atom is -0.382 e. The maximum Gasteiger partial charge on any atom is 0.416 e. The van der Waals surface area contributed by atoms with Gasteiger partial charge in [-0.1, -0.05) is 17.3 Å². The zero-order valence-electron chi connectivity index (χ0n) is 11.8. The topological polar surface area (TPSA) is 41.9 Å². The average Bonchev–Trinajstić information content (AvgIpc) is 3.17. The van der Waals surface area contributed by atoms with Gasteiger partial charge in [-0.25, -0.2) is 0 Å². The third-order valence-electron chi connectivity index (χ3n) is 3.89. The van der Waals surface area contributed by atoms with Crippen molar-refractivity contribution in [3.63, 3.8) is 0 Å². The second-order valence-electron chi connectivity index (χ2n) is 5.45. The largest absolute Gasteiger partial charge is 0.416 e. The monoisotopic (exact) mass is 312 g/mol. The molecule has 0 aliphatic carbocycles. The summed E-state index contributed by atoms with van der Waals surface area (Å²) in [4.78, 5) is 19.1. The van der Waals surface area contributed by atoms with Gasteiger partial charge in [0.1, 0.15) is 0 Å². The van der Waals surface area contributed by atoms with Gasteiger partial charge < -0.3 is 9.74 Å². The summed E-state index contributed by atoms with van der Waals surface area (Å²) in [5.74, 6) is -0.136. The highest BCUT2D eigenvalue weighted by Gasteiger charge is 2.35. The van der Waals surface area contributed by atoms with Gasteiger partial charge in [-0.2, -0.15) is 13.2 Å². The molecule has 1 atom stereocenters. The molecule has 1 saturated heterocycles. The Balaban J connectivity index is 1.71. The lowest BCUT2D eigenvalue weighted by atomic mass is 10.0. The number of nitrogens with zero attached hydrogens (tertiary/aromatic N) is 2. The predicted molar refractivity (Wildman–Crippen MR) is 73.3 cm³/mol. The molecule has 2 aliphatic rings. The van der Waals surface area contributed by atoms with Crippen LogP contribution in [0.15, 0.2) is 29.4 Å². The predicted octanol–water partition coefficient (Wildman–Crippen LogP) is 2.82. The Morgan fingerprint density at radius 2 is 2.00 bits per heavy atom. The average molecular weight is 312 g/mol. The summed E-state index contributed by atoms with van der Waals surface area (Å²) >= 11 is 0. The molecule has 2 aliphatic heterocycles. The fourth-order valence-corrected chi connectivity index (χ4v) is 2.70. The SMILES string of the molecule is O=C(C1CC(c2cccc(C(F)(F)F)c2)=NO1)N1CCCC1. The number of rotatable bonds is 2. The number of hydrogen-bond donors (Lipinski definition) is 0. The van der Waals surface area contributed by atoms with E-state index in [9.17, 15) is 18.0 Å². The van der Waals surface area contributed by atoms with Crippen LogP contribution in [0.1, 0.15) is 30.4 Å². The number of amides is 1. The minimum atomic E-state index is -4.40. The summed E-state index contributed by atoms with van der Waals surface area (Å²) in [6.45, 7) is 1.41. The van der Waals surface area contributed by atoms with Crippen molar-refractivity contribution in [3.05, 3.63) is 35.4 Å². The van der Waals surface area contributed by atoms with E-state index in [1.54, 1.807) is 11.0 Å². The number of benzene rings is 1. The van der Waals surface area contributed by atoms with Crippen molar-refractivity contribution in [1.82, 2.24) is 4.90 Å². The molecule has 1 unspecified atom stereocenters. The molecule has 0 bridgehead atoms. The summed E-state index contributed by atoms with van der Waals surface area (Å²) in [6, 6.07) is 4.91. The Kier molecular flexibility index (Phi) is 3.80. The standard InChI is InChI=1S/C15H15F3N2O2/c16-15(17,18)11-5-3-4-10(8-11)12-9-13(22-19-12)14(21)20-6-1-2-7-20/h3-5,8,13H,1-2,6-7,9H2. The molecule has 22 heavy (non-hydrogen) atoms. The van der Waals surface area contributed by atoms with Crippen molar-refractivity contribution in [2.45, 2.75) is 31.5 Å². The minimum absolute atomic E-state index is 0.136. The highest BCUT2D eigenvalue weighted by atomic mass is 19.4. The first kappa shape index (κ1) is 14.9. The van der Waals surface area contributed by atoms with Crippen LogP contribution in [0.5, 0.6) is 0 Å². The lowest BCUT2D eigenvalue weighted by Gasteiger charge is -2.18. The second-order valence-corrected chi connectivity index (χ2v) is 5.45. The summed E-state index contributed by atoms with van der Waals surface area (Å²) in [6.07, 6.45) is -2.97. The highest BCUT2D eigenvalue weighted by Crippen LogP contribution is 2.30. The van der Waals surface area contributed by atoms with Gasteiger partial charge in [0.05, 0.1) is 11.3 Å². The summed E-state index contributed by atoms with van der Waals surface area (Å²) in [5.41, 5.74) is -0.0165. The van der Waals surface area contributed by atoms with Gasteiger partial charge in [-0.05, 0) is 25.0 Å². The normalized spacial score (nSPS) is 21.7. The highest BCUT2D eigenvalue weighted by molar-refractivity contribution is 6.04. The van der Waals surface area contributed by atoms with Crippen molar-refractivity contribution in [1.29, 1.82) is 0 Å². The molecule has 0 aromatic heterocycles. The number of alkyl halides is 3. The van der Waals surface area contributed by atoms with Crippen LogP contribution in [0.2, 0.25) is 0 Å². The van der Waals surface area contributed by atoms with E-state index in [-0.39, 0.29) is 12.3 Å². The lowest BCUT2D eigenvalue weighted by Crippen LogP contribution is -2.37. The van der Waals surface area contributed by atoms with Gasteiger partial charge in [-0.3, -0.25) is 4.79 Å². The lowest BCUT2D eigenvalue weighted by molar-refractivity contribution is -0.141. The van der Waals surface area contributed by atoms with Crippen LogP contribution in [-0.4, -0.2) is 35.7 Å². The van der Waals surface area contributed by atoms with Crippen molar-refractivity contribution < 1.29 is 22.8 Å². The Morgan fingerprint density at radius 1 is 1.27 bits per heavy atom. The van der Waals surface area contributed by atoms with Crippen molar-refractivity contribution in [3.8, 4) is 0 Å². The van der Waals surface area contributed by atoms with Crippen molar-refractivity contribution in [2.75, 3.05) is 13.1 Å².